The number of para-hydroxylation sites is 1. The van der Waals surface area contributed by atoms with Crippen molar-refractivity contribution in [3.8, 4) is 11.5 Å². The van der Waals surface area contributed by atoms with Crippen LogP contribution in [0.15, 0.2) is 48.5 Å². The second-order valence-electron chi connectivity index (χ2n) is 8.63. The van der Waals surface area contributed by atoms with Crippen LogP contribution in [-0.4, -0.2) is 64.8 Å². The van der Waals surface area contributed by atoms with Gasteiger partial charge < -0.3 is 30.6 Å². The third-order valence-electron chi connectivity index (χ3n) is 6.46. The normalized spacial score (nSPS) is 19.8. The van der Waals surface area contributed by atoms with Crippen LogP contribution in [0, 0.1) is 0 Å². The van der Waals surface area contributed by atoms with Gasteiger partial charge in [-0.2, -0.15) is 0 Å². The number of piperidine rings is 1. The molecule has 0 saturated carbocycles. The zero-order valence-corrected chi connectivity index (χ0v) is 18.0. The van der Waals surface area contributed by atoms with Crippen LogP contribution in [0.2, 0.25) is 0 Å². The third-order valence-corrected chi connectivity index (χ3v) is 6.46. The van der Waals surface area contributed by atoms with Crippen molar-refractivity contribution in [3.05, 3.63) is 54.2 Å². The quantitative estimate of drug-likeness (QED) is 0.454. The number of anilines is 1. The monoisotopic (exact) mass is 450 g/mol. The number of amides is 1. The van der Waals surface area contributed by atoms with Crippen molar-refractivity contribution in [2.45, 2.75) is 24.5 Å². The SMILES string of the molecule is NC(=O)C1(Nc2ccccc2)CCN(CC2COc3ccc4[nH]c(C(=O)O)cc4c3O2)CC1. The Bertz CT molecular complexity index is 1180. The van der Waals surface area contributed by atoms with E-state index in [1.54, 1.807) is 18.2 Å². The van der Waals surface area contributed by atoms with E-state index in [1.807, 2.05) is 30.3 Å². The number of aromatic amines is 1. The minimum Gasteiger partial charge on any atom is -0.486 e. The maximum Gasteiger partial charge on any atom is 0.352 e. The molecule has 2 aliphatic heterocycles. The van der Waals surface area contributed by atoms with Gasteiger partial charge >= 0.3 is 5.97 Å². The average Bonchev–Trinajstić information content (AvgIpc) is 3.26. The Hall–Kier alpha value is -3.72. The van der Waals surface area contributed by atoms with Crippen LogP contribution < -0.4 is 20.5 Å². The van der Waals surface area contributed by atoms with E-state index in [9.17, 15) is 14.7 Å². The third kappa shape index (κ3) is 4.07. The van der Waals surface area contributed by atoms with E-state index in [2.05, 4.69) is 15.2 Å². The molecule has 1 atom stereocenters. The number of carboxylic acid groups (broad SMARTS) is 1. The van der Waals surface area contributed by atoms with E-state index in [0.717, 1.165) is 5.69 Å². The van der Waals surface area contributed by atoms with Crippen molar-refractivity contribution in [1.82, 2.24) is 9.88 Å². The number of aromatic nitrogens is 1. The highest BCUT2D eigenvalue weighted by Gasteiger charge is 2.40. The van der Waals surface area contributed by atoms with Crippen LogP contribution in [0.1, 0.15) is 23.3 Å². The van der Waals surface area contributed by atoms with Crippen LogP contribution in [-0.2, 0) is 4.79 Å². The van der Waals surface area contributed by atoms with Crippen LogP contribution in [0.25, 0.3) is 10.9 Å². The number of aromatic carboxylic acids is 1. The number of likely N-dealkylation sites (tertiary alicyclic amines) is 1. The lowest BCUT2D eigenvalue weighted by Crippen LogP contribution is -2.58. The van der Waals surface area contributed by atoms with Gasteiger partial charge in [0.15, 0.2) is 11.5 Å². The summed E-state index contributed by atoms with van der Waals surface area (Å²) in [6.45, 7) is 2.40. The van der Waals surface area contributed by atoms with Crippen molar-refractivity contribution in [2.24, 2.45) is 5.73 Å². The number of carbonyl (C=O) groups is 2. The van der Waals surface area contributed by atoms with Gasteiger partial charge in [0.1, 0.15) is 23.9 Å². The van der Waals surface area contributed by atoms with E-state index in [1.165, 1.54) is 0 Å². The average molecular weight is 450 g/mol. The molecule has 0 bridgehead atoms. The molecule has 9 nitrogen and oxygen atoms in total. The second kappa shape index (κ2) is 8.32. The van der Waals surface area contributed by atoms with Gasteiger partial charge in [-0.3, -0.25) is 9.69 Å². The molecule has 9 heteroatoms. The Morgan fingerprint density at radius 3 is 2.64 bits per heavy atom. The number of fused-ring (bicyclic) bond motifs is 3. The maximum atomic E-state index is 12.3. The molecule has 33 heavy (non-hydrogen) atoms. The van der Waals surface area contributed by atoms with Gasteiger partial charge in [0, 0.05) is 30.7 Å². The molecule has 1 aromatic heterocycles. The lowest BCUT2D eigenvalue weighted by Gasteiger charge is -2.42. The summed E-state index contributed by atoms with van der Waals surface area (Å²) in [5.74, 6) is -0.209. The number of hydrogen-bond donors (Lipinski definition) is 4. The predicted molar refractivity (Wildman–Crippen MR) is 123 cm³/mol. The number of nitrogens with one attached hydrogen (secondary N) is 2. The summed E-state index contributed by atoms with van der Waals surface area (Å²) in [5, 5.41) is 13.3. The number of ether oxygens (including phenoxy) is 2. The zero-order valence-electron chi connectivity index (χ0n) is 18.0. The van der Waals surface area contributed by atoms with Crippen molar-refractivity contribution in [2.75, 3.05) is 31.6 Å². The highest BCUT2D eigenvalue weighted by atomic mass is 16.6. The highest BCUT2D eigenvalue weighted by molar-refractivity contribution is 5.97. The number of primary amides is 1. The molecule has 1 fully saturated rings. The fourth-order valence-electron chi connectivity index (χ4n) is 4.62. The fraction of sp³-hybridized carbons (Fsp3) is 0.333. The molecular weight excluding hydrogens is 424 g/mol. The van der Waals surface area contributed by atoms with Crippen molar-refractivity contribution >= 4 is 28.5 Å². The number of hydrogen-bond acceptors (Lipinski definition) is 6. The summed E-state index contributed by atoms with van der Waals surface area (Å²) in [6.07, 6.45) is 0.964. The Kier molecular flexibility index (Phi) is 5.33. The number of nitrogens with two attached hydrogens (primary N) is 1. The number of carboxylic acids is 1. The van der Waals surface area contributed by atoms with E-state index in [0.29, 0.717) is 61.5 Å². The first kappa shape index (κ1) is 21.1. The summed E-state index contributed by atoms with van der Waals surface area (Å²) in [4.78, 5) is 28.8. The molecule has 1 unspecified atom stereocenters. The summed E-state index contributed by atoms with van der Waals surface area (Å²) in [6, 6.07) is 14.8. The molecule has 5 rings (SSSR count). The van der Waals surface area contributed by atoms with Gasteiger partial charge in [-0.25, -0.2) is 4.79 Å². The maximum absolute atomic E-state index is 12.3. The summed E-state index contributed by atoms with van der Waals surface area (Å²) >= 11 is 0. The first-order valence-corrected chi connectivity index (χ1v) is 11.0. The highest BCUT2D eigenvalue weighted by Crippen LogP contribution is 2.39. The predicted octanol–water partition coefficient (Wildman–Crippen LogP) is 2.44. The summed E-state index contributed by atoms with van der Waals surface area (Å²) in [5.41, 5.74) is 6.69. The Morgan fingerprint density at radius 1 is 1.18 bits per heavy atom. The molecule has 5 N–H and O–H groups in total. The van der Waals surface area contributed by atoms with Gasteiger partial charge in [-0.05, 0) is 43.2 Å². The van der Waals surface area contributed by atoms with E-state index in [4.69, 9.17) is 15.2 Å². The molecule has 2 aliphatic rings. The fourth-order valence-corrected chi connectivity index (χ4v) is 4.62. The summed E-state index contributed by atoms with van der Waals surface area (Å²) in [7, 11) is 0. The second-order valence-corrected chi connectivity index (χ2v) is 8.63. The molecule has 2 aromatic carbocycles. The zero-order chi connectivity index (χ0) is 23.0. The Labute approximate surface area is 190 Å². The van der Waals surface area contributed by atoms with Crippen LogP contribution >= 0.6 is 0 Å². The van der Waals surface area contributed by atoms with E-state index in [-0.39, 0.29) is 17.7 Å². The van der Waals surface area contributed by atoms with Gasteiger partial charge in [-0.1, -0.05) is 18.2 Å². The lowest BCUT2D eigenvalue weighted by molar-refractivity contribution is -0.124. The number of rotatable bonds is 6. The molecule has 0 radical (unpaired) electrons. The minimum atomic E-state index is -1.02. The van der Waals surface area contributed by atoms with Crippen LogP contribution in [0.3, 0.4) is 0 Å². The van der Waals surface area contributed by atoms with Gasteiger partial charge in [0.25, 0.3) is 0 Å². The first-order valence-electron chi connectivity index (χ1n) is 11.0. The van der Waals surface area contributed by atoms with Crippen LogP contribution in [0.4, 0.5) is 5.69 Å². The first-order chi connectivity index (χ1) is 15.9. The van der Waals surface area contributed by atoms with Gasteiger partial charge in [0.2, 0.25) is 5.91 Å². The van der Waals surface area contributed by atoms with Crippen molar-refractivity contribution in [3.63, 3.8) is 0 Å². The largest absolute Gasteiger partial charge is 0.486 e. The van der Waals surface area contributed by atoms with E-state index >= 15 is 0 Å². The molecular formula is C24H26N4O5. The number of H-pyrrole nitrogens is 1. The molecule has 0 spiro atoms. The van der Waals surface area contributed by atoms with E-state index < -0.39 is 11.5 Å². The summed E-state index contributed by atoms with van der Waals surface area (Å²) < 4.78 is 12.2. The standard InChI is InChI=1S/C24H26N4O5/c25-23(31)24(27-15-4-2-1-3-5-15)8-10-28(11-9-24)13-16-14-32-20-7-6-18-17(21(20)33-16)12-19(26-18)22(29)30/h1-7,12,16,26-27H,8-11,13-14H2,(H2,25,31)(H,29,30). The van der Waals surface area contributed by atoms with Crippen molar-refractivity contribution < 1.29 is 24.2 Å². The topological polar surface area (TPSA) is 130 Å². The molecule has 172 valence electrons. The smallest absolute Gasteiger partial charge is 0.352 e. The van der Waals surface area contributed by atoms with Crippen LogP contribution in [0.5, 0.6) is 11.5 Å². The molecule has 0 aliphatic carbocycles. The molecule has 1 amide bonds. The molecule has 1 saturated heterocycles. The van der Waals surface area contributed by atoms with Crippen molar-refractivity contribution in [1.29, 1.82) is 0 Å². The lowest BCUT2D eigenvalue weighted by atomic mass is 9.86. The Balaban J connectivity index is 1.26. The number of benzene rings is 2. The Morgan fingerprint density at radius 2 is 1.94 bits per heavy atom. The minimum absolute atomic E-state index is 0.105. The molecule has 3 aromatic rings. The molecule has 3 heterocycles. The number of carbonyl (C=O) groups excluding carboxylic acids is 1. The number of nitrogens with zero attached hydrogens (tertiary/aromatic N) is 1. The van der Waals surface area contributed by atoms with Gasteiger partial charge in [-0.15, -0.1) is 0 Å². The van der Waals surface area contributed by atoms with Gasteiger partial charge in [0.05, 0.1) is 5.52 Å².